The van der Waals surface area contributed by atoms with Crippen molar-refractivity contribution in [3.8, 4) is 11.5 Å². The summed E-state index contributed by atoms with van der Waals surface area (Å²) in [6.07, 6.45) is 0. The van der Waals surface area contributed by atoms with Crippen LogP contribution in [0.15, 0.2) is 27.7 Å². The Labute approximate surface area is 153 Å². The van der Waals surface area contributed by atoms with Gasteiger partial charge in [0.25, 0.3) is 0 Å². The van der Waals surface area contributed by atoms with Crippen molar-refractivity contribution < 1.29 is 23.5 Å². The number of ether oxygens (including phenoxy) is 3. The molecule has 9 heteroatoms. The number of hydrogen-bond donors (Lipinski definition) is 0. The zero-order valence-corrected chi connectivity index (χ0v) is 15.8. The fraction of sp³-hybridized carbons (Fsp3) is 0.353. The molecule has 2 aromatic heterocycles. The predicted molar refractivity (Wildman–Crippen MR) is 95.9 cm³/mol. The number of rotatable bonds is 6. The van der Waals surface area contributed by atoms with Crippen molar-refractivity contribution in [3.63, 3.8) is 0 Å². The van der Waals surface area contributed by atoms with Gasteiger partial charge in [0.15, 0.2) is 16.3 Å². The quantitative estimate of drug-likeness (QED) is 0.655. The van der Waals surface area contributed by atoms with Gasteiger partial charge >= 0.3 is 5.91 Å². The molecule has 26 heavy (non-hydrogen) atoms. The number of carbonyl (C=O) groups is 1. The molecule has 0 unspecified atom stereocenters. The van der Waals surface area contributed by atoms with Gasteiger partial charge in [-0.1, -0.05) is 16.5 Å². The highest BCUT2D eigenvalue weighted by atomic mass is 32.1. The number of carbonyl (C=O) groups excluding carboxylic acids is 1. The average Bonchev–Trinajstić information content (AvgIpc) is 3.21. The molecule has 2 heterocycles. The Kier molecular flexibility index (Phi) is 5.38. The summed E-state index contributed by atoms with van der Waals surface area (Å²) in [5, 5.41) is 3.73. The van der Waals surface area contributed by atoms with Crippen LogP contribution in [0.25, 0.3) is 10.2 Å². The van der Waals surface area contributed by atoms with Gasteiger partial charge in [-0.3, -0.25) is 4.79 Å². The summed E-state index contributed by atoms with van der Waals surface area (Å²) in [6, 6.07) is 5.29. The Morgan fingerprint density at radius 3 is 2.58 bits per heavy atom. The maximum Gasteiger partial charge on any atom is 0.318 e. The molecule has 0 saturated heterocycles. The Balaban J connectivity index is 2.16. The minimum atomic E-state index is -0.484. The number of nitrogens with zero attached hydrogens (tertiary/aromatic N) is 3. The van der Waals surface area contributed by atoms with Crippen molar-refractivity contribution in [2.24, 2.45) is 4.99 Å². The standard InChI is InChI=1S/C17H19N3O5S/c1-10-7-14(25-19-10)16(21)18-17-20(5-6-22-2)11-8-12(23-3)13(24-4)9-15(11)26-17/h7-9H,5-6H2,1-4H3. The van der Waals surface area contributed by atoms with Crippen LogP contribution in [0, 0.1) is 6.92 Å². The molecule has 0 aliphatic heterocycles. The third kappa shape index (κ3) is 3.49. The molecule has 3 rings (SSSR count). The first-order chi connectivity index (χ1) is 12.6. The van der Waals surface area contributed by atoms with E-state index in [4.69, 9.17) is 18.7 Å². The predicted octanol–water partition coefficient (Wildman–Crippen LogP) is 2.40. The summed E-state index contributed by atoms with van der Waals surface area (Å²) in [4.78, 5) is 17.1. The summed E-state index contributed by atoms with van der Waals surface area (Å²) in [7, 11) is 4.78. The molecule has 0 atom stereocenters. The van der Waals surface area contributed by atoms with E-state index in [1.165, 1.54) is 11.3 Å². The molecule has 0 radical (unpaired) electrons. The zero-order chi connectivity index (χ0) is 18.7. The van der Waals surface area contributed by atoms with Gasteiger partial charge in [0.05, 0.1) is 36.7 Å². The number of aryl methyl sites for hydroxylation is 1. The number of methoxy groups -OCH3 is 3. The van der Waals surface area contributed by atoms with Crippen LogP contribution in [-0.2, 0) is 11.3 Å². The van der Waals surface area contributed by atoms with Crippen molar-refractivity contribution in [2.75, 3.05) is 27.9 Å². The molecule has 0 aliphatic rings. The lowest BCUT2D eigenvalue weighted by molar-refractivity contribution is 0.0962. The number of aromatic nitrogens is 2. The van der Waals surface area contributed by atoms with Crippen LogP contribution in [-0.4, -0.2) is 43.6 Å². The summed E-state index contributed by atoms with van der Waals surface area (Å²) < 4.78 is 23.8. The van der Waals surface area contributed by atoms with Gasteiger partial charge in [0.2, 0.25) is 5.76 Å². The molecule has 1 amide bonds. The van der Waals surface area contributed by atoms with E-state index >= 15 is 0 Å². The molecule has 0 bridgehead atoms. The number of amides is 1. The van der Waals surface area contributed by atoms with Crippen molar-refractivity contribution in [1.82, 2.24) is 9.72 Å². The van der Waals surface area contributed by atoms with Crippen LogP contribution < -0.4 is 14.3 Å². The molecule has 0 saturated carbocycles. The van der Waals surface area contributed by atoms with Crippen LogP contribution in [0.2, 0.25) is 0 Å². The van der Waals surface area contributed by atoms with E-state index in [0.717, 1.165) is 10.2 Å². The van der Waals surface area contributed by atoms with Gasteiger partial charge in [-0.05, 0) is 6.92 Å². The molecule has 3 aromatic rings. The highest BCUT2D eigenvalue weighted by Crippen LogP contribution is 2.33. The van der Waals surface area contributed by atoms with E-state index < -0.39 is 5.91 Å². The topological polar surface area (TPSA) is 88.1 Å². The first-order valence-corrected chi connectivity index (χ1v) is 8.65. The molecule has 1 aromatic carbocycles. The minimum Gasteiger partial charge on any atom is -0.493 e. The fourth-order valence-electron chi connectivity index (χ4n) is 2.49. The normalized spacial score (nSPS) is 11.9. The highest BCUT2D eigenvalue weighted by molar-refractivity contribution is 7.16. The Hall–Kier alpha value is -2.65. The van der Waals surface area contributed by atoms with Gasteiger partial charge in [-0.2, -0.15) is 4.99 Å². The zero-order valence-electron chi connectivity index (χ0n) is 14.9. The first-order valence-electron chi connectivity index (χ1n) is 7.84. The van der Waals surface area contributed by atoms with Gasteiger partial charge in [-0.15, -0.1) is 0 Å². The molecule has 138 valence electrons. The largest absolute Gasteiger partial charge is 0.493 e. The maximum atomic E-state index is 12.4. The van der Waals surface area contributed by atoms with Crippen molar-refractivity contribution in [3.05, 3.63) is 34.5 Å². The lowest BCUT2D eigenvalue weighted by atomic mass is 10.3. The highest BCUT2D eigenvalue weighted by Gasteiger charge is 2.15. The summed E-state index contributed by atoms with van der Waals surface area (Å²) in [5.74, 6) is 0.840. The van der Waals surface area contributed by atoms with E-state index in [1.807, 2.05) is 16.7 Å². The van der Waals surface area contributed by atoms with Crippen LogP contribution in [0.5, 0.6) is 11.5 Å². The summed E-state index contributed by atoms with van der Waals surface area (Å²) in [5.41, 5.74) is 1.51. The van der Waals surface area contributed by atoms with Gasteiger partial charge in [0.1, 0.15) is 0 Å². The van der Waals surface area contributed by atoms with Crippen molar-refractivity contribution in [1.29, 1.82) is 0 Å². The molecule has 0 spiro atoms. The Morgan fingerprint density at radius 1 is 1.23 bits per heavy atom. The third-order valence-corrected chi connectivity index (χ3v) is 4.78. The Morgan fingerprint density at radius 2 is 1.96 bits per heavy atom. The van der Waals surface area contributed by atoms with E-state index in [2.05, 4.69) is 10.1 Å². The van der Waals surface area contributed by atoms with Gasteiger partial charge < -0.3 is 23.3 Å². The van der Waals surface area contributed by atoms with Crippen LogP contribution >= 0.6 is 11.3 Å². The van der Waals surface area contributed by atoms with E-state index in [-0.39, 0.29) is 5.76 Å². The van der Waals surface area contributed by atoms with Crippen molar-refractivity contribution in [2.45, 2.75) is 13.5 Å². The van der Waals surface area contributed by atoms with E-state index in [1.54, 1.807) is 34.3 Å². The minimum absolute atomic E-state index is 0.105. The summed E-state index contributed by atoms with van der Waals surface area (Å²) >= 11 is 1.38. The lowest BCUT2D eigenvalue weighted by Crippen LogP contribution is -2.19. The second-order valence-corrected chi connectivity index (χ2v) is 6.46. The van der Waals surface area contributed by atoms with Crippen LogP contribution in [0.4, 0.5) is 0 Å². The molecule has 0 N–H and O–H groups in total. The molecular formula is C17H19N3O5S. The maximum absolute atomic E-state index is 12.4. The fourth-order valence-corrected chi connectivity index (χ4v) is 3.55. The lowest BCUT2D eigenvalue weighted by Gasteiger charge is -2.09. The van der Waals surface area contributed by atoms with Gasteiger partial charge in [0, 0.05) is 31.9 Å². The molecule has 0 fully saturated rings. The third-order valence-electron chi connectivity index (χ3n) is 3.74. The number of benzene rings is 1. The molecular weight excluding hydrogens is 358 g/mol. The smallest absolute Gasteiger partial charge is 0.318 e. The number of thiazole rings is 1. The monoisotopic (exact) mass is 377 g/mol. The summed E-state index contributed by atoms with van der Waals surface area (Å²) in [6.45, 7) is 2.76. The SMILES string of the molecule is COCCn1c(=NC(=O)c2cc(C)no2)sc2cc(OC)c(OC)cc21. The second kappa shape index (κ2) is 7.71. The molecule has 8 nitrogen and oxygen atoms in total. The average molecular weight is 377 g/mol. The second-order valence-electron chi connectivity index (χ2n) is 5.45. The molecule has 0 aliphatic carbocycles. The number of fused-ring (bicyclic) bond motifs is 1. The van der Waals surface area contributed by atoms with Crippen molar-refractivity contribution >= 4 is 27.5 Å². The van der Waals surface area contributed by atoms with Crippen LogP contribution in [0.1, 0.15) is 16.2 Å². The van der Waals surface area contributed by atoms with E-state index in [0.29, 0.717) is 35.1 Å². The number of hydrogen-bond acceptors (Lipinski definition) is 7. The van der Waals surface area contributed by atoms with Gasteiger partial charge in [-0.25, -0.2) is 0 Å². The first kappa shape index (κ1) is 18.2. The van der Waals surface area contributed by atoms with Crippen LogP contribution in [0.3, 0.4) is 0 Å². The van der Waals surface area contributed by atoms with E-state index in [9.17, 15) is 4.79 Å². The Bertz CT molecular complexity index is 1000.